The highest BCUT2D eigenvalue weighted by atomic mass is 32.1. The van der Waals surface area contributed by atoms with Gasteiger partial charge in [-0.2, -0.15) is 0 Å². The lowest BCUT2D eigenvalue weighted by molar-refractivity contribution is -0.143. The minimum absolute atomic E-state index is 0.155. The van der Waals surface area contributed by atoms with Crippen molar-refractivity contribution in [1.29, 1.82) is 0 Å². The number of carbonyl (C=O) groups excluding carboxylic acids is 1. The summed E-state index contributed by atoms with van der Waals surface area (Å²) in [7, 11) is 2.06. The van der Waals surface area contributed by atoms with Crippen molar-refractivity contribution in [3.63, 3.8) is 0 Å². The summed E-state index contributed by atoms with van der Waals surface area (Å²) in [5.41, 5.74) is 0.964. The van der Waals surface area contributed by atoms with E-state index in [0.29, 0.717) is 19.4 Å². The highest BCUT2D eigenvalue weighted by molar-refractivity contribution is 7.13. The summed E-state index contributed by atoms with van der Waals surface area (Å²) in [5, 5.41) is 5.13. The van der Waals surface area contributed by atoms with Crippen molar-refractivity contribution in [1.82, 2.24) is 4.98 Å². The van der Waals surface area contributed by atoms with E-state index in [9.17, 15) is 4.79 Å². The number of hydrogen-bond donors (Lipinski definition) is 0. The number of esters is 1. The Hall–Kier alpha value is -1.40. The average molecular weight is 324 g/mol. The molecule has 0 aliphatic rings. The molecule has 2 aromatic rings. The maximum Gasteiger partial charge on any atom is 0.306 e. The predicted molar refractivity (Wildman–Crippen MR) is 88.4 cm³/mol. The van der Waals surface area contributed by atoms with E-state index in [0.717, 1.165) is 23.8 Å². The molecule has 0 amide bonds. The van der Waals surface area contributed by atoms with Crippen molar-refractivity contribution in [3.8, 4) is 0 Å². The van der Waals surface area contributed by atoms with Gasteiger partial charge in [0.25, 0.3) is 0 Å². The Bertz CT molecular complexity index is 552. The molecule has 0 aliphatic heterocycles. The monoisotopic (exact) mass is 324 g/mol. The summed E-state index contributed by atoms with van der Waals surface area (Å²) in [5.74, 6) is -0.155. The number of likely N-dealkylation sites (N-methyl/N-ethyl adjacent to an activating group) is 1. The molecular weight excluding hydrogens is 304 g/mol. The van der Waals surface area contributed by atoms with Gasteiger partial charge < -0.3 is 9.64 Å². The molecule has 0 atom stereocenters. The van der Waals surface area contributed by atoms with Gasteiger partial charge in [0.1, 0.15) is 0 Å². The van der Waals surface area contributed by atoms with E-state index in [1.54, 1.807) is 22.7 Å². The largest absolute Gasteiger partial charge is 0.466 e. The summed E-state index contributed by atoms with van der Waals surface area (Å²) >= 11 is 3.41. The van der Waals surface area contributed by atoms with Crippen LogP contribution < -0.4 is 4.90 Å². The van der Waals surface area contributed by atoms with Crippen LogP contribution in [0.4, 0.5) is 5.13 Å². The molecule has 0 saturated carbocycles. The van der Waals surface area contributed by atoms with Crippen molar-refractivity contribution in [2.24, 2.45) is 0 Å². The summed E-state index contributed by atoms with van der Waals surface area (Å²) < 4.78 is 4.93. The minimum Gasteiger partial charge on any atom is -0.466 e. The molecule has 2 heterocycles. The van der Waals surface area contributed by atoms with E-state index < -0.39 is 0 Å². The molecule has 2 rings (SSSR count). The van der Waals surface area contributed by atoms with Gasteiger partial charge in [-0.1, -0.05) is 6.07 Å². The molecule has 6 heteroatoms. The summed E-state index contributed by atoms with van der Waals surface area (Å²) in [6.45, 7) is 3.21. The van der Waals surface area contributed by atoms with E-state index in [2.05, 4.69) is 34.4 Å². The lowest BCUT2D eigenvalue weighted by Crippen LogP contribution is -2.19. The van der Waals surface area contributed by atoms with Gasteiger partial charge in [-0.25, -0.2) is 4.98 Å². The minimum atomic E-state index is -0.155. The topological polar surface area (TPSA) is 42.4 Å². The first-order valence-electron chi connectivity index (χ1n) is 7.02. The number of carbonyl (C=O) groups is 1. The first-order valence-corrected chi connectivity index (χ1v) is 8.78. The van der Waals surface area contributed by atoms with Crippen molar-refractivity contribution >= 4 is 33.8 Å². The lowest BCUT2D eigenvalue weighted by atomic mass is 10.2. The number of aromatic nitrogens is 1. The Kier molecular flexibility index (Phi) is 6.20. The molecular formula is C15H20N2O2S2. The zero-order valence-electron chi connectivity index (χ0n) is 12.4. The molecule has 0 saturated heterocycles. The van der Waals surface area contributed by atoms with Gasteiger partial charge in [0.15, 0.2) is 5.13 Å². The highest BCUT2D eigenvalue weighted by Crippen LogP contribution is 2.21. The van der Waals surface area contributed by atoms with Gasteiger partial charge in [0.05, 0.1) is 18.7 Å². The van der Waals surface area contributed by atoms with E-state index in [4.69, 9.17) is 4.74 Å². The first-order chi connectivity index (χ1) is 10.2. The van der Waals surface area contributed by atoms with Crippen LogP contribution in [0.15, 0.2) is 22.9 Å². The van der Waals surface area contributed by atoms with E-state index in [1.165, 1.54) is 4.88 Å². The molecule has 0 aromatic carbocycles. The first kappa shape index (κ1) is 16.0. The Morgan fingerprint density at radius 2 is 2.24 bits per heavy atom. The number of anilines is 1. The van der Waals surface area contributed by atoms with Crippen LogP contribution in [0.5, 0.6) is 0 Å². The smallest absolute Gasteiger partial charge is 0.306 e. The van der Waals surface area contributed by atoms with Gasteiger partial charge in [-0.3, -0.25) is 4.79 Å². The van der Waals surface area contributed by atoms with Crippen LogP contribution in [0.25, 0.3) is 0 Å². The zero-order valence-corrected chi connectivity index (χ0v) is 14.0. The molecule has 0 aliphatic carbocycles. The van der Waals surface area contributed by atoms with Crippen LogP contribution in [-0.2, 0) is 22.4 Å². The third-order valence-corrected chi connectivity index (χ3v) is 4.97. The Labute approximate surface area is 133 Å². The number of nitrogens with zero attached hydrogens (tertiary/aromatic N) is 2. The fraction of sp³-hybridized carbons (Fsp3) is 0.467. The van der Waals surface area contributed by atoms with Gasteiger partial charge in [-0.15, -0.1) is 22.7 Å². The van der Waals surface area contributed by atoms with Crippen LogP contribution in [0, 0.1) is 0 Å². The number of aryl methyl sites for hydroxylation is 1. The number of rotatable bonds is 8. The van der Waals surface area contributed by atoms with E-state index in [-0.39, 0.29) is 5.97 Å². The molecule has 0 fully saturated rings. The van der Waals surface area contributed by atoms with Crippen LogP contribution in [0.1, 0.15) is 23.9 Å². The maximum absolute atomic E-state index is 11.3. The number of thiophene rings is 1. The Morgan fingerprint density at radius 1 is 1.38 bits per heavy atom. The van der Waals surface area contributed by atoms with Crippen LogP contribution >= 0.6 is 22.7 Å². The zero-order chi connectivity index (χ0) is 15.1. The van der Waals surface area contributed by atoms with Gasteiger partial charge in [0.2, 0.25) is 0 Å². The third-order valence-electron chi connectivity index (χ3n) is 3.03. The van der Waals surface area contributed by atoms with Gasteiger partial charge in [-0.05, 0) is 24.8 Å². The molecule has 0 unspecified atom stereocenters. The molecule has 2 aromatic heterocycles. The van der Waals surface area contributed by atoms with Crippen LogP contribution in [0.3, 0.4) is 0 Å². The Balaban J connectivity index is 1.79. The maximum atomic E-state index is 11.3. The normalized spacial score (nSPS) is 10.6. The fourth-order valence-electron chi connectivity index (χ4n) is 1.88. The summed E-state index contributed by atoms with van der Waals surface area (Å²) in [4.78, 5) is 19.5. The number of thiazole rings is 1. The quantitative estimate of drug-likeness (QED) is 0.698. The van der Waals surface area contributed by atoms with Crippen LogP contribution in [0.2, 0.25) is 0 Å². The lowest BCUT2D eigenvalue weighted by Gasteiger charge is -2.14. The van der Waals surface area contributed by atoms with Gasteiger partial charge >= 0.3 is 5.97 Å². The molecule has 4 nitrogen and oxygen atoms in total. The van der Waals surface area contributed by atoms with E-state index in [1.807, 2.05) is 12.3 Å². The SMILES string of the molecule is CCOC(=O)CCc1csc(N(C)CCc2cccs2)n1. The molecule has 0 spiro atoms. The average Bonchev–Trinajstić information content (AvgIpc) is 3.14. The fourth-order valence-corrected chi connectivity index (χ4v) is 3.43. The second-order valence-electron chi connectivity index (χ2n) is 4.68. The van der Waals surface area contributed by atoms with Crippen molar-refractivity contribution in [2.45, 2.75) is 26.2 Å². The molecule has 0 bridgehead atoms. The van der Waals surface area contributed by atoms with Gasteiger partial charge in [0, 0.05) is 30.3 Å². The molecule has 0 N–H and O–H groups in total. The van der Waals surface area contributed by atoms with Crippen molar-refractivity contribution < 1.29 is 9.53 Å². The second-order valence-corrected chi connectivity index (χ2v) is 6.55. The van der Waals surface area contributed by atoms with Crippen molar-refractivity contribution in [2.75, 3.05) is 25.1 Å². The second kappa shape index (κ2) is 8.14. The number of ether oxygens (including phenoxy) is 1. The Morgan fingerprint density at radius 3 is 2.95 bits per heavy atom. The third kappa shape index (κ3) is 5.13. The van der Waals surface area contributed by atoms with Crippen LogP contribution in [-0.4, -0.2) is 31.2 Å². The molecule has 0 radical (unpaired) electrons. The molecule has 21 heavy (non-hydrogen) atoms. The predicted octanol–water partition coefficient (Wildman–Crippen LogP) is 3.38. The standard InChI is InChI=1S/C15H20N2O2S2/c1-3-19-14(18)7-6-12-11-21-15(16-12)17(2)9-8-13-5-4-10-20-13/h4-5,10-11H,3,6-9H2,1-2H3. The molecule has 114 valence electrons. The van der Waals surface area contributed by atoms with E-state index >= 15 is 0 Å². The summed E-state index contributed by atoms with van der Waals surface area (Å²) in [6, 6.07) is 4.24. The highest BCUT2D eigenvalue weighted by Gasteiger charge is 2.09. The van der Waals surface area contributed by atoms with Crippen molar-refractivity contribution in [3.05, 3.63) is 33.5 Å². The summed E-state index contributed by atoms with van der Waals surface area (Å²) in [6.07, 6.45) is 2.08. The number of hydrogen-bond acceptors (Lipinski definition) is 6.